The lowest BCUT2D eigenvalue weighted by molar-refractivity contribution is -0.220. The van der Waals surface area contributed by atoms with Crippen LogP contribution in [0.5, 0.6) is 0 Å². The van der Waals surface area contributed by atoms with Gasteiger partial charge in [-0.1, -0.05) is 74.9 Å². The number of carbonyl (C=O) groups is 2. The molecule has 0 radical (unpaired) electrons. The molecule has 3 aliphatic heterocycles. The molecule has 1 spiro atoms. The van der Waals surface area contributed by atoms with E-state index in [1.54, 1.807) is 6.92 Å². The smallest absolute Gasteiger partial charge is 0.314 e. The molecule has 2 N–H and O–H groups in total. The van der Waals surface area contributed by atoms with Gasteiger partial charge in [-0.15, -0.1) is 0 Å². The average molecular weight is 615 g/mol. The average Bonchev–Trinajstić information content (AvgIpc) is 3.32. The van der Waals surface area contributed by atoms with Gasteiger partial charge in [0.15, 0.2) is 0 Å². The van der Waals surface area contributed by atoms with E-state index >= 15 is 0 Å². The van der Waals surface area contributed by atoms with Crippen LogP contribution in [0.25, 0.3) is 0 Å². The number of Topliss-reactive ketones (excluding diaryl/α,β-unsaturated/α-hetero) is 1. The fraction of sp³-hybridized carbons (Fsp3) is 0.684. The Hall–Kier alpha value is -2.32. The van der Waals surface area contributed by atoms with Crippen molar-refractivity contribution < 1.29 is 34.0 Å². The van der Waals surface area contributed by atoms with E-state index in [2.05, 4.69) is 63.3 Å². The van der Waals surface area contributed by atoms with Crippen molar-refractivity contribution in [2.24, 2.45) is 50.7 Å². The van der Waals surface area contributed by atoms with Crippen LogP contribution in [0.1, 0.15) is 84.3 Å². The Morgan fingerprint density at radius 3 is 2.49 bits per heavy atom. The molecule has 5 aliphatic carbocycles. The van der Waals surface area contributed by atoms with Gasteiger partial charge in [0.25, 0.3) is 0 Å². The Kier molecular flexibility index (Phi) is 5.50. The first kappa shape index (κ1) is 28.9. The summed E-state index contributed by atoms with van der Waals surface area (Å²) >= 11 is 0. The highest BCUT2D eigenvalue weighted by Gasteiger charge is 2.86. The summed E-state index contributed by atoms with van der Waals surface area (Å²) in [6.45, 7) is 9.28. The minimum atomic E-state index is -1.49. The summed E-state index contributed by atoms with van der Waals surface area (Å²) < 4.78 is 18.2. The van der Waals surface area contributed by atoms with Crippen molar-refractivity contribution in [1.82, 2.24) is 0 Å². The first-order valence-corrected chi connectivity index (χ1v) is 17.1. The number of aliphatic hydroxyl groups is 2. The molecule has 6 fully saturated rings. The number of fused-ring (bicyclic) bond motifs is 5. The molecule has 0 unspecified atom stereocenters. The quantitative estimate of drug-likeness (QED) is 0.337. The number of rotatable bonds is 2. The zero-order valence-electron chi connectivity index (χ0n) is 26.9. The third kappa shape index (κ3) is 3.27. The van der Waals surface area contributed by atoms with Crippen LogP contribution in [0.4, 0.5) is 0 Å². The summed E-state index contributed by atoms with van der Waals surface area (Å²) in [5.74, 6) is -2.14. The Bertz CT molecular complexity index is 1560. The number of ketones is 1. The van der Waals surface area contributed by atoms with E-state index in [4.69, 9.17) is 14.2 Å². The Morgan fingerprint density at radius 1 is 0.978 bits per heavy atom. The minimum Gasteiger partial charge on any atom is -0.430 e. The van der Waals surface area contributed by atoms with Crippen molar-refractivity contribution in [2.45, 2.75) is 96.2 Å². The SMILES string of the molecule is C[C@]1(O)CO[C@@]2(C1)OC(=O)[C@H]([C@@H]1CC[C@]34C[C@]13C=C[C@@H]1[C@@]3(C)CC=C5C[C@@H](c6ccccc6)OC[C@]5(C)[C@@H]3CC(=O)[C@]14C)[C@H]2O. The van der Waals surface area contributed by atoms with Gasteiger partial charge in [0.1, 0.15) is 11.9 Å². The molecule has 240 valence electrons. The van der Waals surface area contributed by atoms with E-state index in [-0.39, 0.29) is 58.5 Å². The molecule has 0 amide bonds. The van der Waals surface area contributed by atoms with Crippen LogP contribution in [-0.4, -0.2) is 52.7 Å². The van der Waals surface area contributed by atoms with Crippen molar-refractivity contribution in [3.63, 3.8) is 0 Å². The molecular formula is C38H46O7. The minimum absolute atomic E-state index is 0.0186. The topological polar surface area (TPSA) is 102 Å². The standard InChI is InChI=1S/C38H46O7/c1-32(42)18-38(44-20-32)30(40)29(31(41)45-38)24-11-15-37-19-36(24,37)14-12-26-33(2)13-10-23-16-25(22-8-6-5-7-9-22)43-21-34(23,3)27(33)17-28(39)35(26,37)4/h5-10,12,14,24-27,29-30,40,42H,11,13,15-21H2,1-4H3/t24-,25-,26+,27+,29+,30+,32+,33+,34-,35-,36+,37+,38-/m0/s1. The number of hydrogen-bond acceptors (Lipinski definition) is 7. The van der Waals surface area contributed by atoms with Crippen molar-refractivity contribution in [3.8, 4) is 0 Å². The molecule has 45 heavy (non-hydrogen) atoms. The molecule has 1 aromatic carbocycles. The highest BCUT2D eigenvalue weighted by molar-refractivity contribution is 5.90. The molecule has 7 nitrogen and oxygen atoms in total. The van der Waals surface area contributed by atoms with Gasteiger partial charge in [-0.3, -0.25) is 9.59 Å². The number of allylic oxidation sites excluding steroid dienone is 3. The summed E-state index contributed by atoms with van der Waals surface area (Å²) in [7, 11) is 0. The van der Waals surface area contributed by atoms with Gasteiger partial charge in [-0.25, -0.2) is 0 Å². The van der Waals surface area contributed by atoms with E-state index in [1.807, 2.05) is 6.07 Å². The van der Waals surface area contributed by atoms with E-state index in [0.29, 0.717) is 18.8 Å². The van der Waals surface area contributed by atoms with Crippen molar-refractivity contribution >= 4 is 11.8 Å². The number of esters is 1. The lowest BCUT2D eigenvalue weighted by Crippen LogP contribution is -2.63. The molecular weight excluding hydrogens is 568 g/mol. The summed E-state index contributed by atoms with van der Waals surface area (Å²) in [4.78, 5) is 28.2. The van der Waals surface area contributed by atoms with Gasteiger partial charge in [-0.05, 0) is 78.6 Å². The maximum Gasteiger partial charge on any atom is 0.314 e. The highest BCUT2D eigenvalue weighted by atomic mass is 16.7. The normalized spacial score (nSPS) is 55.7. The maximum atomic E-state index is 14.8. The van der Waals surface area contributed by atoms with Crippen molar-refractivity contribution in [3.05, 3.63) is 59.7 Å². The second-order valence-corrected chi connectivity index (χ2v) is 17.1. The zero-order chi connectivity index (χ0) is 31.4. The lowest BCUT2D eigenvalue weighted by atomic mass is 9.39. The van der Waals surface area contributed by atoms with Gasteiger partial charge in [0.05, 0.1) is 30.8 Å². The van der Waals surface area contributed by atoms with Gasteiger partial charge in [0.2, 0.25) is 5.79 Å². The van der Waals surface area contributed by atoms with Crippen LogP contribution in [0.3, 0.4) is 0 Å². The highest BCUT2D eigenvalue weighted by Crippen LogP contribution is 2.89. The van der Waals surface area contributed by atoms with Gasteiger partial charge in [0, 0.05) is 23.7 Å². The fourth-order valence-electron chi connectivity index (χ4n) is 12.8. The predicted molar refractivity (Wildman–Crippen MR) is 164 cm³/mol. The van der Waals surface area contributed by atoms with Crippen molar-refractivity contribution in [1.29, 1.82) is 0 Å². The summed E-state index contributed by atoms with van der Waals surface area (Å²) in [5.41, 5.74) is 0.136. The molecule has 8 aliphatic rings. The molecule has 3 saturated heterocycles. The molecule has 3 heterocycles. The van der Waals surface area contributed by atoms with Crippen LogP contribution in [0.15, 0.2) is 54.1 Å². The number of benzene rings is 1. The number of hydrogen-bond donors (Lipinski definition) is 2. The van der Waals surface area contributed by atoms with Crippen LogP contribution in [-0.2, 0) is 23.8 Å². The first-order valence-electron chi connectivity index (χ1n) is 17.1. The van der Waals surface area contributed by atoms with E-state index in [1.165, 1.54) is 11.1 Å². The van der Waals surface area contributed by atoms with Crippen LogP contribution >= 0.6 is 0 Å². The molecule has 7 heteroatoms. The van der Waals surface area contributed by atoms with Crippen molar-refractivity contribution in [2.75, 3.05) is 13.2 Å². The second kappa shape index (κ2) is 8.58. The van der Waals surface area contributed by atoms with Gasteiger partial charge in [-0.2, -0.15) is 0 Å². The molecule has 0 aromatic heterocycles. The first-order chi connectivity index (χ1) is 21.3. The fourth-order valence-corrected chi connectivity index (χ4v) is 12.8. The lowest BCUT2D eigenvalue weighted by Gasteiger charge is -2.64. The van der Waals surface area contributed by atoms with Crippen LogP contribution in [0, 0.1) is 50.7 Å². The van der Waals surface area contributed by atoms with Crippen LogP contribution < -0.4 is 0 Å². The summed E-state index contributed by atoms with van der Waals surface area (Å²) in [5, 5.41) is 22.2. The molecule has 3 saturated carbocycles. The van der Waals surface area contributed by atoms with Gasteiger partial charge >= 0.3 is 5.97 Å². The number of carbonyl (C=O) groups excluding carboxylic acids is 2. The van der Waals surface area contributed by atoms with E-state index in [9.17, 15) is 19.8 Å². The molecule has 0 bridgehead atoms. The zero-order valence-corrected chi connectivity index (χ0v) is 26.9. The number of ether oxygens (including phenoxy) is 3. The second-order valence-electron chi connectivity index (χ2n) is 17.1. The predicted octanol–water partition coefficient (Wildman–Crippen LogP) is 5.46. The monoisotopic (exact) mass is 614 g/mol. The van der Waals surface area contributed by atoms with Gasteiger partial charge < -0.3 is 24.4 Å². The largest absolute Gasteiger partial charge is 0.430 e. The number of aliphatic hydroxyl groups excluding tert-OH is 1. The summed E-state index contributed by atoms with van der Waals surface area (Å²) in [6, 6.07) is 10.5. The Labute approximate surface area is 265 Å². The third-order valence-electron chi connectivity index (χ3n) is 15.1. The Balaban J connectivity index is 1.05. The molecule has 1 aromatic rings. The summed E-state index contributed by atoms with van der Waals surface area (Å²) in [6.07, 6.45) is 11.0. The van der Waals surface area contributed by atoms with E-state index in [0.717, 1.165) is 32.1 Å². The van der Waals surface area contributed by atoms with E-state index < -0.39 is 34.8 Å². The molecule has 13 atom stereocenters. The maximum absolute atomic E-state index is 14.8. The molecule has 9 rings (SSSR count). The van der Waals surface area contributed by atoms with Crippen LogP contribution in [0.2, 0.25) is 0 Å². The third-order valence-corrected chi connectivity index (χ3v) is 15.1. The Morgan fingerprint density at radius 2 is 1.76 bits per heavy atom.